The first-order chi connectivity index (χ1) is 17.0. The van der Waals surface area contributed by atoms with Crippen molar-refractivity contribution in [2.45, 2.75) is 96.3 Å². The van der Waals surface area contributed by atoms with Crippen molar-refractivity contribution in [2.24, 2.45) is 5.41 Å². The number of nitrogens with zero attached hydrogens (tertiary/aromatic N) is 2. The summed E-state index contributed by atoms with van der Waals surface area (Å²) >= 11 is 3.64. The molecule has 3 nitrogen and oxygen atoms in total. The highest BCUT2D eigenvalue weighted by Crippen LogP contribution is 2.60. The van der Waals surface area contributed by atoms with E-state index in [4.69, 9.17) is 4.74 Å². The Kier molecular flexibility index (Phi) is 8.23. The van der Waals surface area contributed by atoms with E-state index in [9.17, 15) is 10.5 Å². The molecule has 184 valence electrons. The molecule has 0 N–H and O–H groups in total. The molecule has 0 unspecified atom stereocenters. The van der Waals surface area contributed by atoms with Crippen LogP contribution in [0, 0.1) is 28.1 Å². The molecule has 0 saturated heterocycles. The Bertz CT molecular complexity index is 1120. The molecule has 5 rings (SSSR count). The maximum atomic E-state index is 10.2. The van der Waals surface area contributed by atoms with Gasteiger partial charge in [-0.25, -0.2) is 0 Å². The Hall–Kier alpha value is -2.30. The van der Waals surface area contributed by atoms with Crippen molar-refractivity contribution in [2.75, 3.05) is 6.61 Å². The Morgan fingerprint density at radius 2 is 1.54 bits per heavy atom. The first-order valence-corrected chi connectivity index (χ1v) is 14.2. The summed E-state index contributed by atoms with van der Waals surface area (Å²) in [4.78, 5) is 0. The summed E-state index contributed by atoms with van der Waals surface area (Å²) in [5, 5.41) is 20.4. The number of rotatable bonds is 10. The van der Waals surface area contributed by atoms with Crippen molar-refractivity contribution in [3.05, 3.63) is 51.5 Å². The van der Waals surface area contributed by atoms with Gasteiger partial charge < -0.3 is 4.74 Å². The Labute approximate surface area is 219 Å². The number of hydrogen-bond acceptors (Lipinski definition) is 3. The molecule has 2 aromatic carbocycles. The second-order valence-electron chi connectivity index (χ2n) is 10.7. The van der Waals surface area contributed by atoms with Crippen molar-refractivity contribution < 1.29 is 4.74 Å². The van der Waals surface area contributed by atoms with E-state index in [1.807, 2.05) is 18.2 Å². The molecule has 35 heavy (non-hydrogen) atoms. The van der Waals surface area contributed by atoms with Gasteiger partial charge in [-0.3, -0.25) is 0 Å². The lowest BCUT2D eigenvalue weighted by Gasteiger charge is -2.54. The summed E-state index contributed by atoms with van der Waals surface area (Å²) in [6.07, 6.45) is 14.6. The molecule has 0 aromatic heterocycles. The molecule has 0 amide bonds. The van der Waals surface area contributed by atoms with Gasteiger partial charge in [0.25, 0.3) is 0 Å². The van der Waals surface area contributed by atoms with Gasteiger partial charge in [-0.1, -0.05) is 57.7 Å². The van der Waals surface area contributed by atoms with Gasteiger partial charge >= 0.3 is 0 Å². The summed E-state index contributed by atoms with van der Waals surface area (Å²) in [7, 11) is 0. The molecule has 0 atom stereocenters. The van der Waals surface area contributed by atoms with E-state index in [0.717, 1.165) is 59.0 Å². The fourth-order valence-electron chi connectivity index (χ4n) is 6.42. The third kappa shape index (κ3) is 5.15. The van der Waals surface area contributed by atoms with Crippen LogP contribution < -0.4 is 4.74 Å². The average Bonchev–Trinajstić information content (AvgIpc) is 2.90. The number of nitriles is 2. The largest absolute Gasteiger partial charge is 0.492 e. The van der Waals surface area contributed by atoms with Gasteiger partial charge in [0.1, 0.15) is 17.9 Å². The van der Waals surface area contributed by atoms with Crippen LogP contribution in [0.3, 0.4) is 0 Å². The quantitative estimate of drug-likeness (QED) is 0.286. The number of fused-ring (bicyclic) bond motifs is 3. The van der Waals surface area contributed by atoms with E-state index < -0.39 is 0 Å². The van der Waals surface area contributed by atoms with Crippen LogP contribution in [0.5, 0.6) is 5.75 Å². The van der Waals surface area contributed by atoms with Crippen molar-refractivity contribution in [1.29, 1.82) is 10.5 Å². The highest BCUT2D eigenvalue weighted by molar-refractivity contribution is 9.10. The standard InChI is InChI=1S/C31H37BrN2O/c1-3-5-7-12-30-13-16-31(17-14-30,18-15-30)27-10-9-24(25(21-33)26(27)22-34)23-8-11-29(28(32)20-23)35-19-6-4-2/h8-11,20H,3-7,12-19H2,1-2H3. The first kappa shape index (κ1) is 25.8. The minimum Gasteiger partial charge on any atom is -0.492 e. The molecule has 3 aliphatic carbocycles. The molecular formula is C31H37BrN2O. The maximum Gasteiger partial charge on any atom is 0.133 e. The fourth-order valence-corrected chi connectivity index (χ4v) is 6.91. The first-order valence-electron chi connectivity index (χ1n) is 13.4. The van der Waals surface area contributed by atoms with Gasteiger partial charge in [-0.2, -0.15) is 10.5 Å². The van der Waals surface area contributed by atoms with E-state index in [2.05, 4.69) is 54.0 Å². The van der Waals surface area contributed by atoms with E-state index in [1.165, 1.54) is 44.9 Å². The third-order valence-corrected chi connectivity index (χ3v) is 9.33. The summed E-state index contributed by atoms with van der Waals surface area (Å²) in [5.41, 5.74) is 4.54. The summed E-state index contributed by atoms with van der Waals surface area (Å²) in [5.74, 6) is 0.809. The van der Waals surface area contributed by atoms with Crippen LogP contribution in [0.1, 0.15) is 108 Å². The van der Waals surface area contributed by atoms with Gasteiger partial charge in [0.15, 0.2) is 0 Å². The molecule has 0 spiro atoms. The normalized spacial score (nSPS) is 23.0. The fraction of sp³-hybridized carbons (Fsp3) is 0.548. The van der Waals surface area contributed by atoms with Crippen LogP contribution in [0.2, 0.25) is 0 Å². The van der Waals surface area contributed by atoms with Crippen LogP contribution >= 0.6 is 15.9 Å². The monoisotopic (exact) mass is 532 g/mol. The topological polar surface area (TPSA) is 56.8 Å². The van der Waals surface area contributed by atoms with E-state index in [1.54, 1.807) is 0 Å². The Morgan fingerprint density at radius 3 is 2.14 bits per heavy atom. The van der Waals surface area contributed by atoms with Crippen LogP contribution in [-0.2, 0) is 5.41 Å². The van der Waals surface area contributed by atoms with E-state index >= 15 is 0 Å². The number of ether oxygens (including phenoxy) is 1. The predicted octanol–water partition coefficient (Wildman–Crippen LogP) is 9.21. The van der Waals surface area contributed by atoms with E-state index in [-0.39, 0.29) is 5.41 Å². The Balaban J connectivity index is 1.62. The SMILES string of the molecule is CCCCCC12CCC(c3ccc(-c4ccc(OCCCC)c(Br)c4)c(C#N)c3C#N)(CC1)CC2. The summed E-state index contributed by atoms with van der Waals surface area (Å²) in [6.45, 7) is 5.11. The number of unbranched alkanes of at least 4 members (excludes halogenated alkanes) is 3. The smallest absolute Gasteiger partial charge is 0.133 e. The lowest BCUT2D eigenvalue weighted by molar-refractivity contribution is 0.0304. The molecule has 2 aromatic rings. The third-order valence-electron chi connectivity index (χ3n) is 8.71. The Morgan fingerprint density at radius 1 is 0.857 bits per heavy atom. The lowest BCUT2D eigenvalue weighted by Crippen LogP contribution is -2.44. The number of hydrogen-bond donors (Lipinski definition) is 0. The van der Waals surface area contributed by atoms with Crippen molar-refractivity contribution in [3.8, 4) is 29.0 Å². The molecule has 0 heterocycles. The van der Waals surface area contributed by atoms with Crippen LogP contribution in [-0.4, -0.2) is 6.61 Å². The zero-order valence-corrected chi connectivity index (χ0v) is 22.8. The van der Waals surface area contributed by atoms with Crippen molar-refractivity contribution in [3.63, 3.8) is 0 Å². The molecule has 4 heteroatoms. The molecule has 0 radical (unpaired) electrons. The van der Waals surface area contributed by atoms with Crippen LogP contribution in [0.15, 0.2) is 34.8 Å². The molecule has 0 aliphatic heterocycles. The summed E-state index contributed by atoms with van der Waals surface area (Å²) < 4.78 is 6.75. The maximum absolute atomic E-state index is 10.2. The second-order valence-corrected chi connectivity index (χ2v) is 11.6. The molecular weight excluding hydrogens is 496 g/mol. The van der Waals surface area contributed by atoms with Gasteiger partial charge in [0.05, 0.1) is 22.2 Å². The predicted molar refractivity (Wildman–Crippen MR) is 145 cm³/mol. The van der Waals surface area contributed by atoms with Gasteiger partial charge in [-0.05, 0) is 101 Å². The second kappa shape index (κ2) is 11.2. The highest BCUT2D eigenvalue weighted by atomic mass is 79.9. The minimum atomic E-state index is 0.0548. The van der Waals surface area contributed by atoms with Gasteiger partial charge in [0.2, 0.25) is 0 Å². The zero-order chi connectivity index (χ0) is 24.9. The summed E-state index contributed by atoms with van der Waals surface area (Å²) in [6, 6.07) is 15.0. The number of benzene rings is 2. The van der Waals surface area contributed by atoms with Gasteiger partial charge in [-0.15, -0.1) is 0 Å². The average molecular weight is 534 g/mol. The molecule has 3 fully saturated rings. The zero-order valence-electron chi connectivity index (χ0n) is 21.3. The highest BCUT2D eigenvalue weighted by Gasteiger charge is 2.49. The molecule has 3 saturated carbocycles. The minimum absolute atomic E-state index is 0.0548. The lowest BCUT2D eigenvalue weighted by atomic mass is 9.50. The van der Waals surface area contributed by atoms with E-state index in [0.29, 0.717) is 23.1 Å². The van der Waals surface area contributed by atoms with Gasteiger partial charge in [0, 0.05) is 5.56 Å². The molecule has 3 aliphatic rings. The van der Waals surface area contributed by atoms with Crippen molar-refractivity contribution in [1.82, 2.24) is 0 Å². The molecule has 2 bridgehead atoms. The van der Waals surface area contributed by atoms with Crippen LogP contribution in [0.4, 0.5) is 0 Å². The number of halogens is 1. The van der Waals surface area contributed by atoms with Crippen LogP contribution in [0.25, 0.3) is 11.1 Å². The van der Waals surface area contributed by atoms with Crippen molar-refractivity contribution >= 4 is 15.9 Å².